The van der Waals surface area contributed by atoms with E-state index in [1.165, 1.54) is 0 Å². The van der Waals surface area contributed by atoms with E-state index in [0.29, 0.717) is 12.8 Å². The molecule has 0 N–H and O–H groups in total. The molecule has 0 aromatic carbocycles. The third-order valence-corrected chi connectivity index (χ3v) is 3.69. The van der Waals surface area contributed by atoms with Crippen molar-refractivity contribution >= 4 is 18.0 Å². The van der Waals surface area contributed by atoms with Crippen molar-refractivity contribution in [3.05, 3.63) is 0 Å². The van der Waals surface area contributed by atoms with Gasteiger partial charge in [0.05, 0.1) is 6.04 Å². The molecule has 0 saturated heterocycles. The summed E-state index contributed by atoms with van der Waals surface area (Å²) in [6.07, 6.45) is -0.545. The number of carbonyl (C=O) groups is 3. The third-order valence-electron chi connectivity index (χ3n) is 3.69. The fourth-order valence-corrected chi connectivity index (χ4v) is 2.90. The maximum absolute atomic E-state index is 12.4. The van der Waals surface area contributed by atoms with Gasteiger partial charge in [-0.15, -0.1) is 0 Å². The molecular weight excluding hydrogens is 286 g/mol. The lowest BCUT2D eigenvalue weighted by Crippen LogP contribution is -2.46. The molecule has 2 amide bonds. The summed E-state index contributed by atoms with van der Waals surface area (Å²) in [7, 11) is 0. The van der Waals surface area contributed by atoms with E-state index >= 15 is 0 Å². The summed E-state index contributed by atoms with van der Waals surface area (Å²) >= 11 is 0. The SMILES string of the molecule is CC(C)(C)OC(=O)N(C(=O)OC(C)(C)C)C1C2CC(=O)CC21. The van der Waals surface area contributed by atoms with Crippen LogP contribution in [-0.2, 0) is 14.3 Å². The molecule has 22 heavy (non-hydrogen) atoms. The van der Waals surface area contributed by atoms with Crippen molar-refractivity contribution < 1.29 is 23.9 Å². The molecule has 124 valence electrons. The third kappa shape index (κ3) is 3.78. The van der Waals surface area contributed by atoms with Crippen LogP contribution in [0.25, 0.3) is 0 Å². The molecule has 2 aliphatic rings. The first-order valence-corrected chi connectivity index (χ1v) is 7.66. The largest absolute Gasteiger partial charge is 0.443 e. The van der Waals surface area contributed by atoms with Gasteiger partial charge < -0.3 is 9.47 Å². The molecule has 2 rings (SSSR count). The Morgan fingerprint density at radius 1 is 0.909 bits per heavy atom. The van der Waals surface area contributed by atoms with Crippen molar-refractivity contribution in [3.8, 4) is 0 Å². The number of nitrogens with zero attached hydrogens (tertiary/aromatic N) is 1. The number of ether oxygens (including phenoxy) is 2. The van der Waals surface area contributed by atoms with E-state index in [9.17, 15) is 14.4 Å². The minimum absolute atomic E-state index is 0.0625. The molecule has 0 radical (unpaired) electrons. The van der Waals surface area contributed by atoms with Crippen LogP contribution in [0.5, 0.6) is 0 Å². The van der Waals surface area contributed by atoms with Crippen LogP contribution < -0.4 is 0 Å². The first-order valence-electron chi connectivity index (χ1n) is 7.66. The van der Waals surface area contributed by atoms with E-state index in [-0.39, 0.29) is 23.7 Å². The molecule has 0 spiro atoms. The number of imide groups is 1. The Morgan fingerprint density at radius 2 is 1.27 bits per heavy atom. The summed E-state index contributed by atoms with van der Waals surface area (Å²) in [4.78, 5) is 37.3. The van der Waals surface area contributed by atoms with Gasteiger partial charge in [0.1, 0.15) is 17.0 Å². The minimum atomic E-state index is -0.700. The summed E-state index contributed by atoms with van der Waals surface area (Å²) in [5.41, 5.74) is -1.39. The predicted molar refractivity (Wildman–Crippen MR) is 79.3 cm³/mol. The molecule has 0 aromatic rings. The van der Waals surface area contributed by atoms with E-state index in [2.05, 4.69) is 0 Å². The van der Waals surface area contributed by atoms with Gasteiger partial charge in [-0.05, 0) is 53.4 Å². The van der Waals surface area contributed by atoms with E-state index < -0.39 is 23.4 Å². The van der Waals surface area contributed by atoms with Crippen molar-refractivity contribution in [3.63, 3.8) is 0 Å². The molecule has 2 unspecified atom stereocenters. The Morgan fingerprint density at radius 3 is 1.59 bits per heavy atom. The summed E-state index contributed by atoms with van der Waals surface area (Å²) < 4.78 is 10.7. The predicted octanol–water partition coefficient (Wildman–Crippen LogP) is 3.14. The normalized spacial score (nSPS) is 27.2. The van der Waals surface area contributed by atoms with Gasteiger partial charge in [-0.3, -0.25) is 4.79 Å². The highest BCUT2D eigenvalue weighted by Crippen LogP contribution is 2.53. The Kier molecular flexibility index (Phi) is 4.00. The summed E-state index contributed by atoms with van der Waals surface area (Å²) in [5.74, 6) is 0.319. The standard InChI is InChI=1S/C16H25NO5/c1-15(2,3)21-13(19)17(14(20)22-16(4,5)6)12-10-7-9(18)8-11(10)12/h10-12H,7-8H2,1-6H3. The zero-order valence-corrected chi connectivity index (χ0v) is 14.1. The Hall–Kier alpha value is -1.59. The van der Waals surface area contributed by atoms with Crippen LogP contribution in [0.2, 0.25) is 0 Å². The van der Waals surface area contributed by atoms with Crippen LogP contribution in [0.1, 0.15) is 54.4 Å². The summed E-state index contributed by atoms with van der Waals surface area (Å²) in [5, 5.41) is 0. The van der Waals surface area contributed by atoms with Crippen molar-refractivity contribution in [2.24, 2.45) is 11.8 Å². The number of carbonyl (C=O) groups excluding carboxylic acids is 3. The van der Waals surface area contributed by atoms with Gasteiger partial charge in [-0.25, -0.2) is 14.5 Å². The zero-order chi connectivity index (χ0) is 16.9. The van der Waals surface area contributed by atoms with Gasteiger partial charge in [0.15, 0.2) is 0 Å². The van der Waals surface area contributed by atoms with E-state index in [0.717, 1.165) is 4.90 Å². The maximum Gasteiger partial charge on any atom is 0.420 e. The molecule has 0 aromatic heterocycles. The second-order valence-corrected chi connectivity index (χ2v) is 8.10. The van der Waals surface area contributed by atoms with Crippen LogP contribution >= 0.6 is 0 Å². The number of ketones is 1. The lowest BCUT2D eigenvalue weighted by Gasteiger charge is -2.29. The van der Waals surface area contributed by atoms with Crippen LogP contribution in [0, 0.1) is 11.8 Å². The fraction of sp³-hybridized carbons (Fsp3) is 0.812. The highest BCUT2D eigenvalue weighted by molar-refractivity contribution is 5.91. The molecule has 0 heterocycles. The first kappa shape index (κ1) is 16.8. The van der Waals surface area contributed by atoms with Gasteiger partial charge in [0.2, 0.25) is 0 Å². The molecular formula is C16H25NO5. The van der Waals surface area contributed by atoms with Gasteiger partial charge in [-0.2, -0.15) is 0 Å². The molecule has 2 saturated carbocycles. The second-order valence-electron chi connectivity index (χ2n) is 8.10. The van der Waals surface area contributed by atoms with E-state index in [1.54, 1.807) is 41.5 Å². The molecule has 0 bridgehead atoms. The number of hydrogen-bond acceptors (Lipinski definition) is 5. The zero-order valence-electron chi connectivity index (χ0n) is 14.1. The number of hydrogen-bond donors (Lipinski definition) is 0. The van der Waals surface area contributed by atoms with E-state index in [1.807, 2.05) is 0 Å². The number of Topliss-reactive ketones (excluding diaryl/α,β-unsaturated/α-hetero) is 1. The topological polar surface area (TPSA) is 72.9 Å². The quantitative estimate of drug-likeness (QED) is 0.744. The Labute approximate surface area is 131 Å². The number of rotatable bonds is 1. The smallest absolute Gasteiger partial charge is 0.420 e. The second kappa shape index (κ2) is 5.25. The Bertz CT molecular complexity index is 458. The van der Waals surface area contributed by atoms with Crippen molar-refractivity contribution in [2.75, 3.05) is 0 Å². The van der Waals surface area contributed by atoms with Crippen molar-refractivity contribution in [2.45, 2.75) is 71.6 Å². The first-order chi connectivity index (χ1) is 9.89. The lowest BCUT2D eigenvalue weighted by atomic mass is 10.2. The van der Waals surface area contributed by atoms with Gasteiger partial charge in [0.25, 0.3) is 0 Å². The monoisotopic (exact) mass is 311 g/mol. The Balaban J connectivity index is 2.14. The molecule has 2 aliphatic carbocycles. The maximum atomic E-state index is 12.4. The fourth-order valence-electron chi connectivity index (χ4n) is 2.90. The summed E-state index contributed by atoms with van der Waals surface area (Å²) in [6.45, 7) is 10.5. The molecule has 6 nitrogen and oxygen atoms in total. The van der Waals surface area contributed by atoms with Crippen molar-refractivity contribution in [1.82, 2.24) is 4.90 Å². The average molecular weight is 311 g/mol. The van der Waals surface area contributed by atoms with Gasteiger partial charge in [-0.1, -0.05) is 0 Å². The van der Waals surface area contributed by atoms with Crippen LogP contribution in [0.15, 0.2) is 0 Å². The number of amides is 2. The van der Waals surface area contributed by atoms with Gasteiger partial charge in [0, 0.05) is 12.8 Å². The molecule has 6 heteroatoms. The minimum Gasteiger partial charge on any atom is -0.443 e. The molecule has 0 aliphatic heterocycles. The highest BCUT2D eigenvalue weighted by atomic mass is 16.6. The summed E-state index contributed by atoms with van der Waals surface area (Å²) in [6, 6.07) is -0.276. The number of fused-ring (bicyclic) bond motifs is 1. The lowest BCUT2D eigenvalue weighted by molar-refractivity contribution is -0.118. The van der Waals surface area contributed by atoms with Crippen LogP contribution in [0.3, 0.4) is 0 Å². The highest BCUT2D eigenvalue weighted by Gasteiger charge is 2.62. The average Bonchev–Trinajstić information content (AvgIpc) is 2.75. The van der Waals surface area contributed by atoms with E-state index in [4.69, 9.17) is 9.47 Å². The molecule has 2 atom stereocenters. The van der Waals surface area contributed by atoms with Crippen molar-refractivity contribution in [1.29, 1.82) is 0 Å². The van der Waals surface area contributed by atoms with Crippen LogP contribution in [0.4, 0.5) is 9.59 Å². The molecule has 2 fully saturated rings. The van der Waals surface area contributed by atoms with Gasteiger partial charge >= 0.3 is 12.2 Å². The van der Waals surface area contributed by atoms with Crippen LogP contribution in [-0.4, -0.2) is 40.1 Å².